The predicted octanol–water partition coefficient (Wildman–Crippen LogP) is 0.873. The molecule has 2 rings (SSSR count). The third-order valence-electron chi connectivity index (χ3n) is 2.35. The van der Waals surface area contributed by atoms with E-state index in [4.69, 9.17) is 9.47 Å². The number of hydrogen-bond acceptors (Lipinski definition) is 4. The van der Waals surface area contributed by atoms with Crippen molar-refractivity contribution in [3.8, 4) is 5.75 Å². The fourth-order valence-corrected chi connectivity index (χ4v) is 1.50. The average Bonchev–Trinajstić information content (AvgIpc) is 2.59. The van der Waals surface area contributed by atoms with Gasteiger partial charge in [0.15, 0.2) is 6.10 Å². The molecule has 2 amide bonds. The van der Waals surface area contributed by atoms with Crippen molar-refractivity contribution in [1.29, 1.82) is 0 Å². The Morgan fingerprint density at radius 2 is 2.00 bits per heavy atom. The molecular weight excluding hydrogens is 210 g/mol. The molecule has 0 spiro atoms. The molecule has 0 radical (unpaired) electrons. The van der Waals surface area contributed by atoms with Gasteiger partial charge in [-0.2, -0.15) is 0 Å². The van der Waals surface area contributed by atoms with Gasteiger partial charge in [-0.15, -0.1) is 0 Å². The van der Waals surface area contributed by atoms with E-state index in [1.54, 1.807) is 19.2 Å². The van der Waals surface area contributed by atoms with Crippen LogP contribution in [0.2, 0.25) is 0 Å². The molecule has 1 aliphatic rings. The van der Waals surface area contributed by atoms with E-state index in [-0.39, 0.29) is 5.91 Å². The van der Waals surface area contributed by atoms with Crippen LogP contribution in [-0.4, -0.2) is 25.2 Å². The molecule has 0 bridgehead atoms. The fourth-order valence-electron chi connectivity index (χ4n) is 1.50. The number of amides is 2. The molecule has 0 saturated carbocycles. The van der Waals surface area contributed by atoms with Crippen LogP contribution < -0.4 is 10.1 Å². The van der Waals surface area contributed by atoms with Crippen LogP contribution in [0.5, 0.6) is 5.75 Å². The van der Waals surface area contributed by atoms with E-state index in [0.717, 1.165) is 11.3 Å². The van der Waals surface area contributed by atoms with Crippen LogP contribution in [0.4, 0.5) is 4.79 Å². The molecule has 1 aromatic rings. The van der Waals surface area contributed by atoms with Gasteiger partial charge in [-0.25, -0.2) is 4.79 Å². The first-order valence-electron chi connectivity index (χ1n) is 4.83. The van der Waals surface area contributed by atoms with Gasteiger partial charge in [0.05, 0.1) is 7.11 Å². The largest absolute Gasteiger partial charge is 0.497 e. The van der Waals surface area contributed by atoms with Crippen LogP contribution in [0, 0.1) is 0 Å². The van der Waals surface area contributed by atoms with Crippen molar-refractivity contribution >= 4 is 12.0 Å². The molecule has 5 nitrogen and oxygen atoms in total. The molecule has 1 heterocycles. The number of alkyl carbamates (subject to hydrolysis) is 1. The standard InChI is InChI=1S/C11H11NO4/c1-15-8-4-2-7(3-5-8)6-9-10(13)12-11(14)16-9/h2-5,9H,6H2,1H3,(H,12,13,14)/t9-/m0/s1. The van der Waals surface area contributed by atoms with E-state index in [9.17, 15) is 9.59 Å². The van der Waals surface area contributed by atoms with Crippen molar-refractivity contribution in [2.24, 2.45) is 0 Å². The fraction of sp³-hybridized carbons (Fsp3) is 0.273. The molecule has 1 N–H and O–H groups in total. The zero-order valence-electron chi connectivity index (χ0n) is 8.73. The Balaban J connectivity index is 2.03. The number of carbonyl (C=O) groups excluding carboxylic acids is 2. The summed E-state index contributed by atoms with van der Waals surface area (Å²) >= 11 is 0. The topological polar surface area (TPSA) is 64.6 Å². The highest BCUT2D eigenvalue weighted by atomic mass is 16.6. The van der Waals surface area contributed by atoms with Gasteiger partial charge in [-0.05, 0) is 17.7 Å². The monoisotopic (exact) mass is 221 g/mol. The van der Waals surface area contributed by atoms with E-state index in [2.05, 4.69) is 5.32 Å². The molecule has 84 valence electrons. The zero-order chi connectivity index (χ0) is 11.5. The molecule has 1 fully saturated rings. The highest BCUT2D eigenvalue weighted by Crippen LogP contribution is 2.15. The van der Waals surface area contributed by atoms with Crippen molar-refractivity contribution in [2.45, 2.75) is 12.5 Å². The second-order valence-corrected chi connectivity index (χ2v) is 3.44. The van der Waals surface area contributed by atoms with Gasteiger partial charge in [0, 0.05) is 6.42 Å². The lowest BCUT2D eigenvalue weighted by molar-refractivity contribution is -0.123. The van der Waals surface area contributed by atoms with Gasteiger partial charge in [0.2, 0.25) is 0 Å². The molecule has 0 aliphatic carbocycles. The maximum atomic E-state index is 11.2. The van der Waals surface area contributed by atoms with Crippen molar-refractivity contribution in [2.75, 3.05) is 7.11 Å². The summed E-state index contributed by atoms with van der Waals surface area (Å²) in [5.41, 5.74) is 0.913. The molecule has 0 aromatic heterocycles. The highest BCUT2D eigenvalue weighted by molar-refractivity contribution is 6.00. The predicted molar refractivity (Wildman–Crippen MR) is 55.1 cm³/mol. The van der Waals surface area contributed by atoms with Crippen LogP contribution in [0.15, 0.2) is 24.3 Å². The third-order valence-corrected chi connectivity index (χ3v) is 2.35. The minimum absolute atomic E-state index is 0.377. The second kappa shape index (κ2) is 4.22. The quantitative estimate of drug-likeness (QED) is 0.822. The Hall–Kier alpha value is -2.04. The molecule has 1 aliphatic heterocycles. The lowest BCUT2D eigenvalue weighted by Gasteiger charge is -2.06. The average molecular weight is 221 g/mol. The summed E-state index contributed by atoms with van der Waals surface area (Å²) in [5, 5.41) is 2.08. The van der Waals surface area contributed by atoms with Gasteiger partial charge in [-0.3, -0.25) is 10.1 Å². The number of cyclic esters (lactones) is 1. The van der Waals surface area contributed by atoms with Gasteiger partial charge in [0.1, 0.15) is 5.75 Å². The number of nitrogens with one attached hydrogen (secondary N) is 1. The van der Waals surface area contributed by atoms with Crippen LogP contribution >= 0.6 is 0 Å². The molecule has 16 heavy (non-hydrogen) atoms. The van der Waals surface area contributed by atoms with Gasteiger partial charge in [0.25, 0.3) is 5.91 Å². The summed E-state index contributed by atoms with van der Waals surface area (Å²) in [4.78, 5) is 22.0. The molecule has 0 unspecified atom stereocenters. The first-order valence-corrected chi connectivity index (χ1v) is 4.83. The lowest BCUT2D eigenvalue weighted by Crippen LogP contribution is -2.25. The van der Waals surface area contributed by atoms with Gasteiger partial charge >= 0.3 is 6.09 Å². The number of carbonyl (C=O) groups is 2. The molecular formula is C11H11NO4. The number of hydrogen-bond donors (Lipinski definition) is 1. The van der Waals surface area contributed by atoms with E-state index in [1.165, 1.54) is 0 Å². The second-order valence-electron chi connectivity index (χ2n) is 3.44. The maximum Gasteiger partial charge on any atom is 0.414 e. The summed E-state index contributed by atoms with van der Waals surface area (Å²) in [7, 11) is 1.58. The third kappa shape index (κ3) is 2.13. The Morgan fingerprint density at radius 3 is 2.50 bits per heavy atom. The summed E-state index contributed by atoms with van der Waals surface area (Å²) in [6.45, 7) is 0. The summed E-state index contributed by atoms with van der Waals surface area (Å²) in [6.07, 6.45) is -1.02. The van der Waals surface area contributed by atoms with Crippen LogP contribution in [-0.2, 0) is 16.0 Å². The smallest absolute Gasteiger partial charge is 0.414 e. The Morgan fingerprint density at radius 1 is 1.31 bits per heavy atom. The normalized spacial score (nSPS) is 19.2. The highest BCUT2D eigenvalue weighted by Gasteiger charge is 2.31. The minimum Gasteiger partial charge on any atom is -0.497 e. The first kappa shape index (κ1) is 10.5. The zero-order valence-corrected chi connectivity index (χ0v) is 8.73. The molecule has 5 heteroatoms. The number of ether oxygens (including phenoxy) is 2. The molecule has 1 atom stereocenters. The van der Waals surface area contributed by atoms with Gasteiger partial charge in [-0.1, -0.05) is 12.1 Å². The van der Waals surface area contributed by atoms with Crippen LogP contribution in [0.1, 0.15) is 5.56 Å². The van der Waals surface area contributed by atoms with Crippen molar-refractivity contribution in [1.82, 2.24) is 5.32 Å². The summed E-state index contributed by atoms with van der Waals surface area (Å²) in [6, 6.07) is 7.25. The minimum atomic E-state index is -0.721. The summed E-state index contributed by atoms with van der Waals surface area (Å²) < 4.78 is 9.82. The number of methoxy groups -OCH3 is 1. The molecule has 1 aromatic carbocycles. The number of imide groups is 1. The van der Waals surface area contributed by atoms with Crippen LogP contribution in [0.3, 0.4) is 0 Å². The number of rotatable bonds is 3. The Labute approximate surface area is 92.4 Å². The van der Waals surface area contributed by atoms with Crippen molar-refractivity contribution in [3.63, 3.8) is 0 Å². The van der Waals surface area contributed by atoms with Crippen LogP contribution in [0.25, 0.3) is 0 Å². The van der Waals surface area contributed by atoms with E-state index in [0.29, 0.717) is 6.42 Å². The summed E-state index contributed by atoms with van der Waals surface area (Å²) in [5.74, 6) is 0.359. The van der Waals surface area contributed by atoms with E-state index < -0.39 is 12.2 Å². The van der Waals surface area contributed by atoms with Gasteiger partial charge < -0.3 is 9.47 Å². The van der Waals surface area contributed by atoms with E-state index in [1.807, 2.05) is 12.1 Å². The Kier molecular flexibility index (Phi) is 2.76. The van der Waals surface area contributed by atoms with Crippen molar-refractivity contribution in [3.05, 3.63) is 29.8 Å². The van der Waals surface area contributed by atoms with Crippen molar-refractivity contribution < 1.29 is 19.1 Å². The van der Waals surface area contributed by atoms with E-state index >= 15 is 0 Å². The number of benzene rings is 1. The molecule has 1 saturated heterocycles. The SMILES string of the molecule is COc1ccc(C[C@@H]2OC(=O)NC2=O)cc1. The Bertz CT molecular complexity index is 412. The lowest BCUT2D eigenvalue weighted by atomic mass is 10.1. The first-order chi connectivity index (χ1) is 7.69. The maximum absolute atomic E-state index is 11.2.